The van der Waals surface area contributed by atoms with Gasteiger partial charge in [-0.1, -0.05) is 24.3 Å². The van der Waals surface area contributed by atoms with E-state index >= 15 is 0 Å². The van der Waals surface area contributed by atoms with E-state index in [0.717, 1.165) is 5.56 Å². The van der Waals surface area contributed by atoms with Crippen LogP contribution in [-0.2, 0) is 11.3 Å². The smallest absolute Gasteiger partial charge is 0.0713 e. The molecule has 0 spiro atoms. The molecule has 0 bridgehead atoms. The van der Waals surface area contributed by atoms with E-state index in [1.807, 2.05) is 24.3 Å². The standard InChI is InChI=1S/C9H11O/c1-8-4-3-5-9(6-8)7-10-2/h3-6H,1,7H2,2H3. The predicted molar refractivity (Wildman–Crippen MR) is 41.6 cm³/mol. The Morgan fingerprint density at radius 3 is 2.90 bits per heavy atom. The van der Waals surface area contributed by atoms with Gasteiger partial charge in [-0.15, -0.1) is 0 Å². The largest absolute Gasteiger partial charge is 0.380 e. The van der Waals surface area contributed by atoms with E-state index in [1.54, 1.807) is 7.11 Å². The first kappa shape index (κ1) is 7.29. The van der Waals surface area contributed by atoms with Crippen LogP contribution in [0.2, 0.25) is 0 Å². The molecule has 1 heteroatoms. The van der Waals surface area contributed by atoms with Gasteiger partial charge >= 0.3 is 0 Å². The van der Waals surface area contributed by atoms with E-state index in [0.29, 0.717) is 6.61 Å². The van der Waals surface area contributed by atoms with Crippen molar-refractivity contribution in [2.75, 3.05) is 7.11 Å². The fourth-order valence-electron chi connectivity index (χ4n) is 0.886. The molecule has 0 fully saturated rings. The summed E-state index contributed by atoms with van der Waals surface area (Å²) in [7, 11) is 1.69. The third-order valence-electron chi connectivity index (χ3n) is 1.30. The summed E-state index contributed by atoms with van der Waals surface area (Å²) in [5.41, 5.74) is 2.21. The lowest BCUT2D eigenvalue weighted by Gasteiger charge is -1.98. The highest BCUT2D eigenvalue weighted by atomic mass is 16.5. The number of benzene rings is 1. The van der Waals surface area contributed by atoms with Crippen molar-refractivity contribution < 1.29 is 4.74 Å². The van der Waals surface area contributed by atoms with Crippen LogP contribution in [0.1, 0.15) is 11.1 Å². The second-order valence-corrected chi connectivity index (χ2v) is 2.25. The Balaban J connectivity index is 2.75. The topological polar surface area (TPSA) is 9.23 Å². The molecule has 0 unspecified atom stereocenters. The van der Waals surface area contributed by atoms with Crippen molar-refractivity contribution >= 4 is 0 Å². The van der Waals surface area contributed by atoms with Crippen molar-refractivity contribution in [3.05, 3.63) is 42.3 Å². The van der Waals surface area contributed by atoms with Gasteiger partial charge in [0.2, 0.25) is 0 Å². The molecule has 1 rings (SSSR count). The third-order valence-corrected chi connectivity index (χ3v) is 1.30. The van der Waals surface area contributed by atoms with Crippen molar-refractivity contribution in [2.24, 2.45) is 0 Å². The second-order valence-electron chi connectivity index (χ2n) is 2.25. The molecule has 0 heterocycles. The summed E-state index contributed by atoms with van der Waals surface area (Å²) in [5, 5.41) is 0. The molecule has 0 amide bonds. The molecule has 0 aromatic heterocycles. The quantitative estimate of drug-likeness (QED) is 0.602. The van der Waals surface area contributed by atoms with Crippen LogP contribution in [0.5, 0.6) is 0 Å². The van der Waals surface area contributed by atoms with Crippen LogP contribution in [0.4, 0.5) is 0 Å². The summed E-state index contributed by atoms with van der Waals surface area (Å²) in [5.74, 6) is 0. The predicted octanol–water partition coefficient (Wildman–Crippen LogP) is 2.02. The van der Waals surface area contributed by atoms with Crippen LogP contribution in [0, 0.1) is 6.92 Å². The lowest BCUT2D eigenvalue weighted by atomic mass is 10.1. The first-order valence-electron chi connectivity index (χ1n) is 3.23. The molecule has 1 aromatic rings. The molecule has 0 N–H and O–H groups in total. The molecule has 0 aliphatic carbocycles. The zero-order valence-electron chi connectivity index (χ0n) is 6.13. The van der Waals surface area contributed by atoms with Gasteiger partial charge in [0.15, 0.2) is 0 Å². The number of methoxy groups -OCH3 is 1. The number of hydrogen-bond donors (Lipinski definition) is 0. The summed E-state index contributed by atoms with van der Waals surface area (Å²) in [6, 6.07) is 8.00. The van der Waals surface area contributed by atoms with E-state index in [9.17, 15) is 0 Å². The Morgan fingerprint density at radius 2 is 2.30 bits per heavy atom. The van der Waals surface area contributed by atoms with E-state index in [4.69, 9.17) is 4.74 Å². The highest BCUT2D eigenvalue weighted by molar-refractivity contribution is 5.24. The number of ether oxygens (including phenoxy) is 1. The molecule has 0 saturated carbocycles. The van der Waals surface area contributed by atoms with Gasteiger partial charge in [-0.05, 0) is 18.1 Å². The highest BCUT2D eigenvalue weighted by Crippen LogP contribution is 2.03. The zero-order valence-corrected chi connectivity index (χ0v) is 6.13. The van der Waals surface area contributed by atoms with Gasteiger partial charge in [0.25, 0.3) is 0 Å². The summed E-state index contributed by atoms with van der Waals surface area (Å²) < 4.78 is 4.96. The fourth-order valence-corrected chi connectivity index (χ4v) is 0.886. The number of rotatable bonds is 2. The SMILES string of the molecule is [CH2]c1cccc(COC)c1. The third kappa shape index (κ3) is 1.85. The van der Waals surface area contributed by atoms with Crippen molar-refractivity contribution in [3.8, 4) is 0 Å². The summed E-state index contributed by atoms with van der Waals surface area (Å²) in [6.07, 6.45) is 0. The summed E-state index contributed by atoms with van der Waals surface area (Å²) in [6.45, 7) is 4.48. The van der Waals surface area contributed by atoms with Crippen LogP contribution in [0.15, 0.2) is 24.3 Å². The Kier molecular flexibility index (Phi) is 2.46. The van der Waals surface area contributed by atoms with Gasteiger partial charge in [0, 0.05) is 7.11 Å². The number of hydrogen-bond acceptors (Lipinski definition) is 1. The molecule has 0 aliphatic heterocycles. The molecule has 1 aromatic carbocycles. The molecule has 53 valence electrons. The zero-order chi connectivity index (χ0) is 7.40. The molecule has 0 atom stereocenters. The Bertz CT molecular complexity index is 206. The van der Waals surface area contributed by atoms with Crippen LogP contribution in [-0.4, -0.2) is 7.11 Å². The molecular weight excluding hydrogens is 124 g/mol. The van der Waals surface area contributed by atoms with E-state index in [-0.39, 0.29) is 0 Å². The van der Waals surface area contributed by atoms with Crippen LogP contribution >= 0.6 is 0 Å². The van der Waals surface area contributed by atoms with Crippen LogP contribution in [0.3, 0.4) is 0 Å². The van der Waals surface area contributed by atoms with E-state index < -0.39 is 0 Å². The minimum Gasteiger partial charge on any atom is -0.380 e. The average Bonchev–Trinajstić information content (AvgIpc) is 1.88. The molecule has 0 saturated heterocycles. The Morgan fingerprint density at radius 1 is 1.50 bits per heavy atom. The Hall–Kier alpha value is -0.820. The first-order valence-corrected chi connectivity index (χ1v) is 3.23. The average molecular weight is 135 g/mol. The van der Waals surface area contributed by atoms with Gasteiger partial charge in [0.05, 0.1) is 6.61 Å². The monoisotopic (exact) mass is 135 g/mol. The van der Waals surface area contributed by atoms with Gasteiger partial charge in [-0.2, -0.15) is 0 Å². The van der Waals surface area contributed by atoms with E-state index in [1.165, 1.54) is 5.56 Å². The van der Waals surface area contributed by atoms with Crippen LogP contribution < -0.4 is 0 Å². The van der Waals surface area contributed by atoms with Crippen LogP contribution in [0.25, 0.3) is 0 Å². The maximum atomic E-state index is 4.96. The Labute approximate surface area is 61.6 Å². The van der Waals surface area contributed by atoms with Gasteiger partial charge in [0.1, 0.15) is 0 Å². The van der Waals surface area contributed by atoms with Crippen molar-refractivity contribution in [3.63, 3.8) is 0 Å². The molecule has 1 radical (unpaired) electrons. The fraction of sp³-hybridized carbons (Fsp3) is 0.222. The lowest BCUT2D eigenvalue weighted by molar-refractivity contribution is 0.185. The van der Waals surface area contributed by atoms with Crippen molar-refractivity contribution in [1.29, 1.82) is 0 Å². The minimum atomic E-state index is 0.670. The molecular formula is C9H11O. The summed E-state index contributed by atoms with van der Waals surface area (Å²) >= 11 is 0. The minimum absolute atomic E-state index is 0.670. The van der Waals surface area contributed by atoms with Gasteiger partial charge in [-0.3, -0.25) is 0 Å². The van der Waals surface area contributed by atoms with Crippen molar-refractivity contribution in [2.45, 2.75) is 6.61 Å². The first-order chi connectivity index (χ1) is 4.83. The molecule has 1 nitrogen and oxygen atoms in total. The highest BCUT2D eigenvalue weighted by Gasteiger charge is 1.89. The normalized spacial score (nSPS) is 9.80. The molecule has 0 aliphatic rings. The maximum absolute atomic E-state index is 4.96. The lowest BCUT2D eigenvalue weighted by Crippen LogP contribution is -1.86. The second kappa shape index (κ2) is 3.37. The van der Waals surface area contributed by atoms with Gasteiger partial charge < -0.3 is 4.74 Å². The van der Waals surface area contributed by atoms with Crippen molar-refractivity contribution in [1.82, 2.24) is 0 Å². The van der Waals surface area contributed by atoms with E-state index in [2.05, 4.69) is 6.92 Å². The molecule has 10 heavy (non-hydrogen) atoms. The summed E-state index contributed by atoms with van der Waals surface area (Å²) in [4.78, 5) is 0. The maximum Gasteiger partial charge on any atom is 0.0713 e. The van der Waals surface area contributed by atoms with Gasteiger partial charge in [-0.25, -0.2) is 0 Å².